The van der Waals surface area contributed by atoms with Crippen LogP contribution in [0, 0.1) is 0 Å². The molecule has 5 nitrogen and oxygen atoms in total. The maximum absolute atomic E-state index is 13.2. The minimum atomic E-state index is -0.164. The summed E-state index contributed by atoms with van der Waals surface area (Å²) in [6.45, 7) is 13.5. The van der Waals surface area contributed by atoms with Gasteiger partial charge in [-0.15, -0.1) is 0 Å². The molecular formula is C37H51N3O2. The van der Waals surface area contributed by atoms with Crippen LogP contribution >= 0.6 is 0 Å². The van der Waals surface area contributed by atoms with Gasteiger partial charge >= 0.3 is 6.03 Å². The van der Waals surface area contributed by atoms with Crippen LogP contribution in [-0.2, 0) is 29.1 Å². The number of aromatic hydroxyl groups is 1. The molecule has 0 atom stereocenters. The van der Waals surface area contributed by atoms with E-state index in [2.05, 4.69) is 114 Å². The highest BCUT2D eigenvalue weighted by atomic mass is 16.3. The number of phenols is 1. The normalized spacial score (nSPS) is 15.0. The van der Waals surface area contributed by atoms with Crippen LogP contribution in [0.2, 0.25) is 0 Å². The van der Waals surface area contributed by atoms with Crippen molar-refractivity contribution in [2.24, 2.45) is 0 Å². The van der Waals surface area contributed by atoms with E-state index in [9.17, 15) is 9.90 Å². The second-order valence-electron chi connectivity index (χ2n) is 14.4. The minimum absolute atomic E-state index is 0.0178. The molecule has 1 saturated carbocycles. The number of hydrogen-bond acceptors (Lipinski definition) is 3. The first-order valence-corrected chi connectivity index (χ1v) is 15.5. The first-order valence-electron chi connectivity index (χ1n) is 15.5. The minimum Gasteiger partial charge on any atom is -0.507 e. The van der Waals surface area contributed by atoms with Crippen molar-refractivity contribution in [3.8, 4) is 5.75 Å². The van der Waals surface area contributed by atoms with Gasteiger partial charge < -0.3 is 20.6 Å². The van der Waals surface area contributed by atoms with Gasteiger partial charge in [-0.05, 0) is 82.5 Å². The van der Waals surface area contributed by atoms with Crippen LogP contribution in [-0.4, -0.2) is 31.8 Å². The Labute approximate surface area is 253 Å². The molecule has 42 heavy (non-hydrogen) atoms. The summed E-state index contributed by atoms with van der Waals surface area (Å²) in [5.41, 5.74) is 7.25. The SMILES string of the molecule is CN(C)c1ccc(C2(CNC(=O)Nc3ccccc3CCc3cc(C(C)(C)C)c(O)c(C(C)(C)C)c3)CCCC2)cc1. The molecule has 0 radical (unpaired) electrons. The number of phenolic OH excluding ortho intramolecular Hbond substituents is 1. The molecule has 0 unspecified atom stereocenters. The lowest BCUT2D eigenvalue weighted by molar-refractivity contribution is 0.248. The molecule has 1 aliphatic carbocycles. The van der Waals surface area contributed by atoms with Crippen molar-refractivity contribution in [1.82, 2.24) is 5.32 Å². The fourth-order valence-electron chi connectivity index (χ4n) is 6.27. The predicted octanol–water partition coefficient (Wildman–Crippen LogP) is 8.47. The Morgan fingerprint density at radius 3 is 1.98 bits per heavy atom. The first kappa shape index (κ1) is 31.5. The van der Waals surface area contributed by atoms with Crippen LogP contribution in [0.5, 0.6) is 5.75 Å². The van der Waals surface area contributed by atoms with E-state index in [1.807, 2.05) is 18.2 Å². The van der Waals surface area contributed by atoms with Gasteiger partial charge in [-0.1, -0.05) is 96.8 Å². The van der Waals surface area contributed by atoms with E-state index in [4.69, 9.17) is 0 Å². The lowest BCUT2D eigenvalue weighted by Crippen LogP contribution is -2.41. The van der Waals surface area contributed by atoms with Crippen molar-refractivity contribution in [3.05, 3.63) is 88.5 Å². The monoisotopic (exact) mass is 569 g/mol. The molecule has 226 valence electrons. The van der Waals surface area contributed by atoms with Gasteiger partial charge in [-0.2, -0.15) is 0 Å². The topological polar surface area (TPSA) is 64.6 Å². The molecule has 3 aromatic rings. The molecule has 4 rings (SSSR count). The highest BCUT2D eigenvalue weighted by Gasteiger charge is 2.36. The first-order chi connectivity index (χ1) is 19.7. The Balaban J connectivity index is 1.46. The molecule has 1 aliphatic rings. The number of carbonyl (C=O) groups excluding carboxylic acids is 1. The highest BCUT2D eigenvalue weighted by molar-refractivity contribution is 5.90. The summed E-state index contributed by atoms with van der Waals surface area (Å²) in [6, 6.07) is 21.0. The number of para-hydroxylation sites is 1. The molecule has 0 aliphatic heterocycles. The quantitative estimate of drug-likeness (QED) is 0.255. The Morgan fingerprint density at radius 2 is 1.43 bits per heavy atom. The summed E-state index contributed by atoms with van der Waals surface area (Å²) in [6.07, 6.45) is 6.16. The second-order valence-corrected chi connectivity index (χ2v) is 14.4. The lowest BCUT2D eigenvalue weighted by Gasteiger charge is -2.30. The van der Waals surface area contributed by atoms with Crippen molar-refractivity contribution in [2.75, 3.05) is 30.9 Å². The molecule has 0 aromatic heterocycles. The fourth-order valence-corrected chi connectivity index (χ4v) is 6.27. The maximum atomic E-state index is 13.2. The number of amides is 2. The van der Waals surface area contributed by atoms with Crippen molar-refractivity contribution in [2.45, 2.75) is 96.3 Å². The van der Waals surface area contributed by atoms with Crippen LogP contribution in [0.15, 0.2) is 60.7 Å². The van der Waals surface area contributed by atoms with Crippen LogP contribution in [0.3, 0.4) is 0 Å². The predicted molar refractivity (Wildman–Crippen MR) is 177 cm³/mol. The van der Waals surface area contributed by atoms with E-state index in [0.717, 1.165) is 48.1 Å². The van der Waals surface area contributed by atoms with Gasteiger partial charge in [-0.25, -0.2) is 4.79 Å². The smallest absolute Gasteiger partial charge is 0.319 e. The summed E-state index contributed by atoms with van der Waals surface area (Å²) < 4.78 is 0. The van der Waals surface area contributed by atoms with Crippen molar-refractivity contribution >= 4 is 17.4 Å². The lowest BCUT2D eigenvalue weighted by atomic mass is 9.78. The van der Waals surface area contributed by atoms with Gasteiger partial charge in [0.1, 0.15) is 5.75 Å². The van der Waals surface area contributed by atoms with Crippen LogP contribution in [0.1, 0.15) is 95.0 Å². The van der Waals surface area contributed by atoms with Crippen molar-refractivity contribution in [3.63, 3.8) is 0 Å². The second kappa shape index (κ2) is 12.4. The van der Waals surface area contributed by atoms with Gasteiger partial charge in [0.15, 0.2) is 0 Å². The molecule has 5 heteroatoms. The Bertz CT molecular complexity index is 1340. The standard InChI is InChI=1S/C37H51N3O2/c1-35(2,3)30-23-26(24-31(33(30)41)36(4,5)6)15-16-27-13-9-10-14-32(27)39-34(42)38-25-37(21-11-12-22-37)28-17-19-29(20-18-28)40(7)8/h9-10,13-14,17-20,23-24,41H,11-12,15-16,21-22,25H2,1-8H3,(H2,38,39,42). The fraction of sp³-hybridized carbons (Fsp3) is 0.486. The third kappa shape index (κ3) is 7.29. The van der Waals surface area contributed by atoms with Gasteiger partial charge in [0.2, 0.25) is 0 Å². The molecule has 0 bridgehead atoms. The summed E-state index contributed by atoms with van der Waals surface area (Å²) >= 11 is 0. The average molecular weight is 570 g/mol. The van der Waals surface area contributed by atoms with Crippen LogP contribution in [0.25, 0.3) is 0 Å². The summed E-state index contributed by atoms with van der Waals surface area (Å²) in [5, 5.41) is 17.5. The zero-order chi connectivity index (χ0) is 30.7. The van der Waals surface area contributed by atoms with Gasteiger partial charge in [0.05, 0.1) is 0 Å². The van der Waals surface area contributed by atoms with Gasteiger partial charge in [0, 0.05) is 37.4 Å². The largest absolute Gasteiger partial charge is 0.507 e. The van der Waals surface area contributed by atoms with Crippen molar-refractivity contribution < 1.29 is 9.90 Å². The summed E-state index contributed by atoms with van der Waals surface area (Å²) in [4.78, 5) is 15.3. The number of nitrogens with one attached hydrogen (secondary N) is 2. The maximum Gasteiger partial charge on any atom is 0.319 e. The molecule has 3 N–H and O–H groups in total. The Hall–Kier alpha value is -3.47. The molecule has 1 fully saturated rings. The summed E-state index contributed by atoms with van der Waals surface area (Å²) in [5.74, 6) is 0.408. The number of aryl methyl sites for hydroxylation is 2. The zero-order valence-corrected chi connectivity index (χ0v) is 27.0. The van der Waals surface area contributed by atoms with E-state index >= 15 is 0 Å². The van der Waals surface area contributed by atoms with E-state index < -0.39 is 0 Å². The van der Waals surface area contributed by atoms with Crippen molar-refractivity contribution in [1.29, 1.82) is 0 Å². The number of nitrogens with zero attached hydrogens (tertiary/aromatic N) is 1. The number of benzene rings is 3. The number of carbonyl (C=O) groups is 1. The third-order valence-electron chi connectivity index (χ3n) is 8.88. The van der Waals surface area contributed by atoms with E-state index in [1.54, 1.807) is 0 Å². The van der Waals surface area contributed by atoms with Gasteiger partial charge in [0.25, 0.3) is 0 Å². The molecule has 3 aromatic carbocycles. The van der Waals surface area contributed by atoms with E-state index in [-0.39, 0.29) is 22.3 Å². The van der Waals surface area contributed by atoms with E-state index in [0.29, 0.717) is 12.3 Å². The highest BCUT2D eigenvalue weighted by Crippen LogP contribution is 2.42. The molecule has 2 amide bonds. The Kier molecular flexibility index (Phi) is 9.30. The number of hydrogen-bond donors (Lipinski definition) is 3. The van der Waals surface area contributed by atoms with E-state index in [1.165, 1.54) is 29.7 Å². The van der Waals surface area contributed by atoms with Crippen LogP contribution in [0.4, 0.5) is 16.2 Å². The Morgan fingerprint density at radius 1 is 0.857 bits per heavy atom. The molecular weight excluding hydrogens is 518 g/mol. The molecule has 0 heterocycles. The third-order valence-corrected chi connectivity index (χ3v) is 8.88. The number of urea groups is 1. The zero-order valence-electron chi connectivity index (χ0n) is 27.0. The van der Waals surface area contributed by atoms with Crippen LogP contribution < -0.4 is 15.5 Å². The average Bonchev–Trinajstić information content (AvgIpc) is 3.41. The summed E-state index contributed by atoms with van der Waals surface area (Å²) in [7, 11) is 4.11. The van der Waals surface area contributed by atoms with Gasteiger partial charge in [-0.3, -0.25) is 0 Å². The molecule has 0 spiro atoms. The number of anilines is 2. The molecule has 0 saturated heterocycles. The number of rotatable bonds is 8.